The van der Waals surface area contributed by atoms with Crippen molar-refractivity contribution in [1.29, 1.82) is 0 Å². The van der Waals surface area contributed by atoms with Crippen molar-refractivity contribution in [3.8, 4) is 17.2 Å². The second kappa shape index (κ2) is 17.6. The standard InChI is InChI=1S/C43H45N5O17/c1-19-37(52)25(46-9-10-63-32(17-46)62-3)14-31(64-19)65-27-16-43(58,15-24-34(27)41(56)36-35(39(24)54)38(53)23-5-4-6-26(61-2)33(23)40(36)55)28(18-49)44-45-42(57)20-11-21(13-22(12-20)48(59)60)47-29(50)7-8-30(47)51/h4-8,11-13,19,25,27,31-32,37,42,45,49,52,54,56-58H,9-10,14-18H2,1-3H3/b44-28+/t19-,25?,27-,31-,32+,37+,42+,43-/m0/s1. The minimum absolute atomic E-state index is 0.0243. The quantitative estimate of drug-likeness (QED) is 0.0258. The van der Waals surface area contributed by atoms with Crippen LogP contribution in [0.5, 0.6) is 17.2 Å². The molecule has 0 saturated carbocycles. The highest BCUT2D eigenvalue weighted by Crippen LogP contribution is 2.53. The van der Waals surface area contributed by atoms with Crippen molar-refractivity contribution in [2.24, 2.45) is 5.10 Å². The van der Waals surface area contributed by atoms with Gasteiger partial charge < -0.3 is 54.3 Å². The van der Waals surface area contributed by atoms with E-state index in [0.717, 1.165) is 30.4 Å². The van der Waals surface area contributed by atoms with Gasteiger partial charge in [-0.1, -0.05) is 12.1 Å². The summed E-state index contributed by atoms with van der Waals surface area (Å²) in [5.74, 6) is -4.75. The number of amides is 2. The number of hydrogen-bond acceptors (Lipinski definition) is 20. The summed E-state index contributed by atoms with van der Waals surface area (Å²) >= 11 is 0. The molecule has 2 amide bonds. The first kappa shape index (κ1) is 45.4. The van der Waals surface area contributed by atoms with Gasteiger partial charge in [0.15, 0.2) is 24.6 Å². The van der Waals surface area contributed by atoms with E-state index in [9.17, 15) is 59.9 Å². The molecule has 3 aliphatic heterocycles. The minimum atomic E-state index is -2.34. The average Bonchev–Trinajstić information content (AvgIpc) is 3.63. The average molecular weight is 904 g/mol. The molecule has 8 atom stereocenters. The van der Waals surface area contributed by atoms with Gasteiger partial charge in [0.1, 0.15) is 22.8 Å². The van der Waals surface area contributed by atoms with Crippen molar-refractivity contribution in [3.63, 3.8) is 0 Å². The van der Waals surface area contributed by atoms with Crippen LogP contribution in [0.1, 0.15) is 80.6 Å². The summed E-state index contributed by atoms with van der Waals surface area (Å²) in [5.41, 5.74) is -3.45. The molecule has 2 aliphatic carbocycles. The molecule has 3 aromatic carbocycles. The maximum absolute atomic E-state index is 14.2. The van der Waals surface area contributed by atoms with Gasteiger partial charge in [0.05, 0.1) is 71.6 Å². The van der Waals surface area contributed by atoms with Gasteiger partial charge in [-0.2, -0.15) is 5.10 Å². The first-order chi connectivity index (χ1) is 31.0. The number of nitro benzene ring substituents is 1. The van der Waals surface area contributed by atoms with Crippen LogP contribution in [0.3, 0.4) is 0 Å². The third-order valence-corrected chi connectivity index (χ3v) is 12.4. The number of benzene rings is 3. The molecular formula is C43H45N5O17. The van der Waals surface area contributed by atoms with E-state index in [2.05, 4.69) is 10.5 Å². The van der Waals surface area contributed by atoms with Gasteiger partial charge in [0.25, 0.3) is 17.5 Å². The Bertz CT molecular complexity index is 2530. The number of methoxy groups -OCH3 is 2. The van der Waals surface area contributed by atoms with E-state index in [1.807, 2.05) is 4.90 Å². The van der Waals surface area contributed by atoms with Crippen LogP contribution in [0, 0.1) is 10.1 Å². The number of imide groups is 1. The normalized spacial score (nSPS) is 27.3. The Morgan fingerprint density at radius 3 is 2.45 bits per heavy atom. The molecule has 65 heavy (non-hydrogen) atoms. The summed E-state index contributed by atoms with van der Waals surface area (Å²) in [6.07, 6.45) is -6.30. The summed E-state index contributed by atoms with van der Waals surface area (Å²) in [6, 6.07) is 6.72. The number of rotatable bonds is 12. The highest BCUT2D eigenvalue weighted by atomic mass is 16.7. The molecule has 5 aliphatic rings. The summed E-state index contributed by atoms with van der Waals surface area (Å²) < 4.78 is 29.1. The molecule has 344 valence electrons. The predicted molar refractivity (Wildman–Crippen MR) is 221 cm³/mol. The van der Waals surface area contributed by atoms with Crippen LogP contribution in [-0.2, 0) is 35.0 Å². The molecule has 1 unspecified atom stereocenters. The highest BCUT2D eigenvalue weighted by molar-refractivity contribution is 6.31. The zero-order valence-corrected chi connectivity index (χ0v) is 35.1. The Morgan fingerprint density at radius 1 is 1.05 bits per heavy atom. The van der Waals surface area contributed by atoms with Gasteiger partial charge in [0.2, 0.25) is 5.78 Å². The number of hydrogen-bond donors (Lipinski definition) is 7. The lowest BCUT2D eigenvalue weighted by Gasteiger charge is -2.47. The molecule has 3 heterocycles. The number of nitrogens with zero attached hydrogens (tertiary/aromatic N) is 4. The number of nitrogens with one attached hydrogen (secondary N) is 1. The van der Waals surface area contributed by atoms with Gasteiger partial charge in [-0.25, -0.2) is 4.90 Å². The number of phenols is 2. The summed E-state index contributed by atoms with van der Waals surface area (Å²) in [7, 11) is 2.78. The molecule has 0 aromatic heterocycles. The van der Waals surface area contributed by atoms with Crippen LogP contribution < -0.4 is 15.1 Å². The van der Waals surface area contributed by atoms with Gasteiger partial charge in [-0.05, 0) is 19.1 Å². The number of non-ortho nitro benzene ring substituents is 1. The summed E-state index contributed by atoms with van der Waals surface area (Å²) in [4.78, 5) is 66.8. The van der Waals surface area contributed by atoms with Crippen LogP contribution >= 0.6 is 0 Å². The lowest BCUT2D eigenvalue weighted by atomic mass is 9.71. The van der Waals surface area contributed by atoms with Crippen molar-refractivity contribution < 1.29 is 78.4 Å². The number of aromatic hydroxyl groups is 2. The molecule has 0 bridgehead atoms. The first-order valence-electron chi connectivity index (χ1n) is 20.4. The first-order valence-corrected chi connectivity index (χ1v) is 20.4. The molecule has 8 rings (SSSR count). The van der Waals surface area contributed by atoms with Crippen molar-refractivity contribution in [1.82, 2.24) is 10.3 Å². The number of aliphatic hydroxyl groups excluding tert-OH is 3. The number of morpholine rings is 1. The number of phenolic OH excluding ortho intramolecular Hbond substituents is 2. The molecular weight excluding hydrogens is 858 g/mol. The van der Waals surface area contributed by atoms with Crippen LogP contribution in [0.15, 0.2) is 53.7 Å². The molecule has 3 aromatic rings. The predicted octanol–water partition coefficient (Wildman–Crippen LogP) is 0.752. The van der Waals surface area contributed by atoms with E-state index >= 15 is 0 Å². The zero-order chi connectivity index (χ0) is 46.6. The Labute approximate surface area is 369 Å². The van der Waals surface area contributed by atoms with Crippen LogP contribution in [0.4, 0.5) is 11.4 Å². The fourth-order valence-electron chi connectivity index (χ4n) is 9.16. The van der Waals surface area contributed by atoms with Gasteiger partial charge >= 0.3 is 0 Å². The number of nitro groups is 1. The van der Waals surface area contributed by atoms with Crippen molar-refractivity contribution >= 4 is 40.5 Å². The lowest BCUT2D eigenvalue weighted by molar-refractivity contribution is -0.384. The number of aliphatic hydroxyl groups is 4. The second-order valence-corrected chi connectivity index (χ2v) is 16.1. The number of fused-ring (bicyclic) bond motifs is 3. The summed E-state index contributed by atoms with van der Waals surface area (Å²) in [6.45, 7) is 1.62. The Hall–Kier alpha value is -6.21. The van der Waals surface area contributed by atoms with Gasteiger partial charge in [-0.3, -0.25) is 39.6 Å². The maximum atomic E-state index is 14.2. The zero-order valence-electron chi connectivity index (χ0n) is 35.1. The van der Waals surface area contributed by atoms with Gasteiger partial charge in [0, 0.05) is 92.0 Å². The van der Waals surface area contributed by atoms with Crippen molar-refractivity contribution in [2.75, 3.05) is 45.4 Å². The van der Waals surface area contributed by atoms with Gasteiger partial charge in [-0.15, -0.1) is 0 Å². The fourth-order valence-corrected chi connectivity index (χ4v) is 9.16. The maximum Gasteiger partial charge on any atom is 0.271 e. The summed E-state index contributed by atoms with van der Waals surface area (Å²) in [5, 5.41) is 85.9. The molecule has 2 fully saturated rings. The Kier molecular flexibility index (Phi) is 12.3. The monoisotopic (exact) mass is 903 g/mol. The van der Waals surface area contributed by atoms with E-state index in [1.54, 1.807) is 6.92 Å². The smallest absolute Gasteiger partial charge is 0.271 e. The second-order valence-electron chi connectivity index (χ2n) is 16.1. The number of carbonyl (C=O) groups is 4. The Morgan fingerprint density at radius 2 is 1.77 bits per heavy atom. The van der Waals surface area contributed by atoms with Crippen LogP contribution in [-0.4, -0.2) is 147 Å². The van der Waals surface area contributed by atoms with E-state index in [4.69, 9.17) is 23.7 Å². The lowest BCUT2D eigenvalue weighted by Crippen LogP contribution is -2.59. The topological polar surface area (TPSA) is 310 Å². The number of hydrazone groups is 1. The number of ketones is 2. The van der Waals surface area contributed by atoms with E-state index in [1.165, 1.54) is 32.4 Å². The van der Waals surface area contributed by atoms with Crippen LogP contribution in [0.25, 0.3) is 0 Å². The molecule has 7 N–H and O–H groups in total. The van der Waals surface area contributed by atoms with E-state index in [0.29, 0.717) is 24.6 Å². The minimum Gasteiger partial charge on any atom is -0.507 e. The highest BCUT2D eigenvalue weighted by Gasteiger charge is 2.50. The molecule has 0 radical (unpaired) electrons. The fraction of sp³-hybridized carbons (Fsp3) is 0.419. The number of anilines is 1. The number of ether oxygens (including phenoxy) is 5. The SMILES string of the molecule is COc1cccc2c1C(=O)c1c(O)c3c(c(O)c1C2=O)C[C@@](O)(/C(CO)=N/N[C@H](O)c1cc(N2C(=O)C=CC2=O)cc([N+](=O)[O-])c1)C[C@@H]3O[C@H]1CC(N2CCO[C@@H](OC)C2)[C@H](O)[C@H](C)O1. The molecule has 0 spiro atoms. The largest absolute Gasteiger partial charge is 0.507 e. The molecule has 22 nitrogen and oxygen atoms in total. The third-order valence-electron chi connectivity index (χ3n) is 12.4. The Balaban J connectivity index is 1.18. The van der Waals surface area contributed by atoms with E-state index in [-0.39, 0.29) is 45.7 Å². The van der Waals surface area contributed by atoms with Crippen molar-refractivity contribution in [3.05, 3.63) is 97.6 Å². The van der Waals surface area contributed by atoms with Crippen LogP contribution in [0.2, 0.25) is 0 Å². The number of carbonyl (C=O) groups excluding carboxylic acids is 4. The molecule has 2 saturated heterocycles. The van der Waals surface area contributed by atoms with Crippen molar-refractivity contribution in [2.45, 2.75) is 74.9 Å². The third kappa shape index (κ3) is 8.02. The van der Waals surface area contributed by atoms with E-state index < -0.39 is 131 Å². The molecule has 22 heteroatoms.